The fourth-order valence-corrected chi connectivity index (χ4v) is 0.756. The van der Waals surface area contributed by atoms with Gasteiger partial charge in [0.1, 0.15) is 0 Å². The summed E-state index contributed by atoms with van der Waals surface area (Å²) in [6.07, 6.45) is 9.60. The van der Waals surface area contributed by atoms with E-state index in [9.17, 15) is 0 Å². The molecule has 0 spiro atoms. The summed E-state index contributed by atoms with van der Waals surface area (Å²) in [5.41, 5.74) is 1.28. The highest BCUT2D eigenvalue weighted by atomic mass is 14.0. The van der Waals surface area contributed by atoms with Gasteiger partial charge in [-0.15, -0.1) is 0 Å². The molecule has 0 rings (SSSR count). The van der Waals surface area contributed by atoms with E-state index in [1.165, 1.54) is 5.57 Å². The zero-order valence-electron chi connectivity index (χ0n) is 7.38. The van der Waals surface area contributed by atoms with Gasteiger partial charge < -0.3 is 0 Å². The predicted octanol–water partition coefficient (Wildman–Crippen LogP) is 3.50. The molecule has 0 saturated carbocycles. The van der Waals surface area contributed by atoms with E-state index in [1.54, 1.807) is 6.08 Å². The van der Waals surface area contributed by atoms with Gasteiger partial charge in [0.25, 0.3) is 0 Å². The lowest BCUT2D eigenvalue weighted by molar-refractivity contribution is 0.792. The van der Waals surface area contributed by atoms with Crippen LogP contribution in [0.15, 0.2) is 49.1 Å². The molecule has 0 saturated heterocycles. The molecule has 0 aliphatic rings. The van der Waals surface area contributed by atoms with Crippen LogP contribution in [0.5, 0.6) is 0 Å². The van der Waals surface area contributed by atoms with Gasteiger partial charge in [-0.2, -0.15) is 0 Å². The van der Waals surface area contributed by atoms with Crippen LogP contribution >= 0.6 is 0 Å². The molecule has 0 aromatic heterocycles. The van der Waals surface area contributed by atoms with E-state index in [2.05, 4.69) is 33.1 Å². The molecule has 0 amide bonds. The first kappa shape index (κ1) is 9.96. The van der Waals surface area contributed by atoms with E-state index >= 15 is 0 Å². The molecule has 0 heteroatoms. The number of hydrogen-bond donors (Lipinski definition) is 0. The highest BCUT2D eigenvalue weighted by molar-refractivity contribution is 5.26. The van der Waals surface area contributed by atoms with Crippen molar-refractivity contribution >= 4 is 0 Å². The van der Waals surface area contributed by atoms with E-state index in [1.807, 2.05) is 18.2 Å². The average molecular weight is 148 g/mol. The summed E-state index contributed by atoms with van der Waals surface area (Å²) in [5, 5.41) is 0. The van der Waals surface area contributed by atoms with E-state index in [4.69, 9.17) is 0 Å². The first-order valence-electron chi connectivity index (χ1n) is 3.84. The molecule has 0 unspecified atom stereocenters. The third kappa shape index (κ3) is 4.38. The summed E-state index contributed by atoms with van der Waals surface area (Å²) in [6.45, 7) is 11.6. The molecule has 0 aliphatic heterocycles. The van der Waals surface area contributed by atoms with Crippen molar-refractivity contribution in [3.8, 4) is 0 Å². The van der Waals surface area contributed by atoms with Gasteiger partial charge in [-0.3, -0.25) is 0 Å². The first-order chi connectivity index (χ1) is 5.22. The van der Waals surface area contributed by atoms with Crippen LogP contribution in [0.4, 0.5) is 0 Å². The topological polar surface area (TPSA) is 0 Å². The van der Waals surface area contributed by atoms with Gasteiger partial charge in [0.05, 0.1) is 0 Å². The summed E-state index contributed by atoms with van der Waals surface area (Å²) in [4.78, 5) is 0. The maximum atomic E-state index is 3.65. The van der Waals surface area contributed by atoms with Gasteiger partial charge in [-0.05, 0) is 11.5 Å². The lowest BCUT2D eigenvalue weighted by Gasteiger charge is -2.03. The van der Waals surface area contributed by atoms with Gasteiger partial charge >= 0.3 is 0 Å². The SMILES string of the molecule is C=C/C=C\C(=C/C=C)C(C)C. The highest BCUT2D eigenvalue weighted by Crippen LogP contribution is 2.10. The van der Waals surface area contributed by atoms with Crippen LogP contribution in [0.1, 0.15) is 13.8 Å². The molecule has 0 fully saturated rings. The van der Waals surface area contributed by atoms with Crippen molar-refractivity contribution in [3.05, 3.63) is 49.1 Å². The Morgan fingerprint density at radius 1 is 1.18 bits per heavy atom. The van der Waals surface area contributed by atoms with Crippen LogP contribution in [0.2, 0.25) is 0 Å². The minimum atomic E-state index is 0.546. The normalized spacial score (nSPS) is 12.5. The molecule has 0 radical (unpaired) electrons. The van der Waals surface area contributed by atoms with Gasteiger partial charge in [-0.1, -0.05) is 57.4 Å². The molecular weight excluding hydrogens is 132 g/mol. The Hall–Kier alpha value is -1.04. The molecule has 0 aliphatic carbocycles. The number of hydrogen-bond acceptors (Lipinski definition) is 0. The van der Waals surface area contributed by atoms with Gasteiger partial charge in [0.15, 0.2) is 0 Å². The summed E-state index contributed by atoms with van der Waals surface area (Å²) in [6, 6.07) is 0. The molecule has 11 heavy (non-hydrogen) atoms. The van der Waals surface area contributed by atoms with Gasteiger partial charge in [-0.25, -0.2) is 0 Å². The number of allylic oxidation sites excluding steroid dienone is 6. The molecule has 0 aromatic rings. The van der Waals surface area contributed by atoms with E-state index in [0.717, 1.165) is 0 Å². The van der Waals surface area contributed by atoms with Gasteiger partial charge in [0, 0.05) is 0 Å². The zero-order valence-corrected chi connectivity index (χ0v) is 7.38. The maximum Gasteiger partial charge on any atom is -0.0219 e. The molecule has 0 heterocycles. The highest BCUT2D eigenvalue weighted by Gasteiger charge is 1.95. The molecule has 0 bridgehead atoms. The first-order valence-corrected chi connectivity index (χ1v) is 3.84. The zero-order chi connectivity index (χ0) is 8.69. The molecule has 0 N–H and O–H groups in total. The van der Waals surface area contributed by atoms with E-state index in [0.29, 0.717) is 5.92 Å². The van der Waals surface area contributed by atoms with Crippen molar-refractivity contribution in [3.63, 3.8) is 0 Å². The second kappa shape index (κ2) is 5.72. The van der Waals surface area contributed by atoms with Crippen molar-refractivity contribution < 1.29 is 0 Å². The van der Waals surface area contributed by atoms with E-state index in [-0.39, 0.29) is 0 Å². The Labute approximate surface area is 69.6 Å². The second-order valence-corrected chi connectivity index (χ2v) is 2.65. The standard InChI is InChI=1S/C11H16/c1-5-7-9-11(8-6-2)10(3)4/h5-10H,1-2H2,3-4H3/b9-7-,11-8+. The lowest BCUT2D eigenvalue weighted by atomic mass is 10.0. The maximum absolute atomic E-state index is 3.65. The Morgan fingerprint density at radius 2 is 1.82 bits per heavy atom. The average Bonchev–Trinajstić information content (AvgIpc) is 1.97. The molecular formula is C11H16. The Balaban J connectivity index is 4.34. The Bertz CT molecular complexity index is 180. The molecule has 0 aromatic carbocycles. The monoisotopic (exact) mass is 148 g/mol. The van der Waals surface area contributed by atoms with Crippen molar-refractivity contribution in [2.24, 2.45) is 5.92 Å². The minimum Gasteiger partial charge on any atom is -0.0991 e. The third-order valence-corrected chi connectivity index (χ3v) is 1.40. The summed E-state index contributed by atoms with van der Waals surface area (Å²) in [7, 11) is 0. The smallest absolute Gasteiger partial charge is 0.0219 e. The van der Waals surface area contributed by atoms with Crippen LogP contribution in [-0.4, -0.2) is 0 Å². The van der Waals surface area contributed by atoms with Crippen LogP contribution in [0.25, 0.3) is 0 Å². The molecule has 60 valence electrons. The summed E-state index contributed by atoms with van der Waals surface area (Å²) in [5.74, 6) is 0.546. The largest absolute Gasteiger partial charge is 0.0991 e. The summed E-state index contributed by atoms with van der Waals surface area (Å²) < 4.78 is 0. The number of rotatable bonds is 4. The molecule has 0 atom stereocenters. The fraction of sp³-hybridized carbons (Fsp3) is 0.273. The van der Waals surface area contributed by atoms with Crippen LogP contribution in [0, 0.1) is 5.92 Å². The van der Waals surface area contributed by atoms with Crippen molar-refractivity contribution in [1.82, 2.24) is 0 Å². The quantitative estimate of drug-likeness (QED) is 0.535. The molecule has 0 nitrogen and oxygen atoms in total. The van der Waals surface area contributed by atoms with Crippen molar-refractivity contribution in [1.29, 1.82) is 0 Å². The van der Waals surface area contributed by atoms with Crippen LogP contribution in [0.3, 0.4) is 0 Å². The van der Waals surface area contributed by atoms with Crippen molar-refractivity contribution in [2.75, 3.05) is 0 Å². The Kier molecular flexibility index (Phi) is 5.18. The lowest BCUT2D eigenvalue weighted by Crippen LogP contribution is -1.88. The fourth-order valence-electron chi connectivity index (χ4n) is 0.756. The second-order valence-electron chi connectivity index (χ2n) is 2.65. The summed E-state index contributed by atoms with van der Waals surface area (Å²) >= 11 is 0. The van der Waals surface area contributed by atoms with Crippen LogP contribution < -0.4 is 0 Å². The van der Waals surface area contributed by atoms with Crippen molar-refractivity contribution in [2.45, 2.75) is 13.8 Å². The van der Waals surface area contributed by atoms with Crippen LogP contribution in [-0.2, 0) is 0 Å². The minimum absolute atomic E-state index is 0.546. The third-order valence-electron chi connectivity index (χ3n) is 1.40. The van der Waals surface area contributed by atoms with E-state index < -0.39 is 0 Å². The Morgan fingerprint density at radius 3 is 2.18 bits per heavy atom. The predicted molar refractivity (Wildman–Crippen MR) is 52.5 cm³/mol. The van der Waals surface area contributed by atoms with Gasteiger partial charge in [0.2, 0.25) is 0 Å².